The van der Waals surface area contributed by atoms with Gasteiger partial charge in [0.2, 0.25) is 0 Å². The first-order valence-corrected chi connectivity index (χ1v) is 7.11. The topological polar surface area (TPSA) is 6.48 Å². The predicted molar refractivity (Wildman–Crippen MR) is 72.3 cm³/mol. The van der Waals surface area contributed by atoms with Gasteiger partial charge in [0.25, 0.3) is 0 Å². The highest BCUT2D eigenvalue weighted by atomic mass is 35.5. The van der Waals surface area contributed by atoms with Crippen molar-refractivity contribution in [2.45, 2.75) is 38.6 Å². The molecule has 3 heteroatoms. The van der Waals surface area contributed by atoms with Crippen molar-refractivity contribution < 1.29 is 0 Å². The Balaban J connectivity index is 2.12. The van der Waals surface area contributed by atoms with Gasteiger partial charge in [0.1, 0.15) is 0 Å². The van der Waals surface area contributed by atoms with Crippen LogP contribution in [0, 0.1) is 5.92 Å². The monoisotopic (exact) mass is 246 g/mol. The third-order valence-corrected chi connectivity index (χ3v) is 4.05. The van der Waals surface area contributed by atoms with E-state index in [1.54, 1.807) is 0 Å². The molecule has 0 bridgehead atoms. The average Bonchev–Trinajstić information content (AvgIpc) is 2.27. The maximum atomic E-state index is 5.75. The van der Waals surface area contributed by atoms with Crippen LogP contribution in [0.1, 0.15) is 32.6 Å². The lowest BCUT2D eigenvalue weighted by atomic mass is 10.0. The molecule has 0 spiro atoms. The third kappa shape index (κ3) is 5.03. The summed E-state index contributed by atoms with van der Waals surface area (Å²) >= 11 is 5.75. The SMILES string of the molecule is CC(CCCl)CCN1CCC(N(C)C)CC1. The van der Waals surface area contributed by atoms with Crippen molar-refractivity contribution in [3.05, 3.63) is 0 Å². The number of rotatable bonds is 6. The van der Waals surface area contributed by atoms with E-state index in [2.05, 4.69) is 30.8 Å². The van der Waals surface area contributed by atoms with Crippen LogP contribution in [0.2, 0.25) is 0 Å². The lowest BCUT2D eigenvalue weighted by Crippen LogP contribution is -2.42. The van der Waals surface area contributed by atoms with Gasteiger partial charge in [-0.2, -0.15) is 0 Å². The number of hydrogen-bond donors (Lipinski definition) is 0. The van der Waals surface area contributed by atoms with E-state index in [0.717, 1.165) is 24.3 Å². The zero-order chi connectivity index (χ0) is 12.0. The summed E-state index contributed by atoms with van der Waals surface area (Å²) in [5.41, 5.74) is 0. The van der Waals surface area contributed by atoms with Gasteiger partial charge in [-0.05, 0) is 65.3 Å². The Hall–Kier alpha value is 0.210. The van der Waals surface area contributed by atoms with Gasteiger partial charge < -0.3 is 9.80 Å². The quantitative estimate of drug-likeness (QED) is 0.665. The van der Waals surface area contributed by atoms with Crippen molar-refractivity contribution in [1.29, 1.82) is 0 Å². The molecule has 0 aromatic heterocycles. The largest absolute Gasteiger partial charge is 0.306 e. The van der Waals surface area contributed by atoms with Gasteiger partial charge in [-0.15, -0.1) is 11.6 Å². The molecule has 2 nitrogen and oxygen atoms in total. The van der Waals surface area contributed by atoms with Gasteiger partial charge in [-0.3, -0.25) is 0 Å². The summed E-state index contributed by atoms with van der Waals surface area (Å²) in [7, 11) is 4.39. The molecule has 1 rings (SSSR count). The van der Waals surface area contributed by atoms with E-state index in [0.29, 0.717) is 0 Å². The zero-order valence-corrected chi connectivity index (χ0v) is 11.8. The summed E-state index contributed by atoms with van der Waals surface area (Å²) in [5.74, 6) is 1.59. The molecule has 0 aromatic rings. The minimum atomic E-state index is 0.782. The molecule has 0 amide bonds. The smallest absolute Gasteiger partial charge is 0.0225 e. The number of likely N-dealkylation sites (tertiary alicyclic amines) is 1. The molecule has 1 aliphatic heterocycles. The summed E-state index contributed by atoms with van der Waals surface area (Å²) in [6, 6.07) is 0.802. The second kappa shape index (κ2) is 7.52. The first kappa shape index (κ1) is 14.3. The van der Waals surface area contributed by atoms with Crippen molar-refractivity contribution in [3.63, 3.8) is 0 Å². The van der Waals surface area contributed by atoms with E-state index in [1.807, 2.05) is 0 Å². The molecule has 0 saturated carbocycles. The van der Waals surface area contributed by atoms with Crippen LogP contribution in [0.25, 0.3) is 0 Å². The Bertz CT molecular complexity index is 177. The summed E-state index contributed by atoms with van der Waals surface area (Å²) in [6.45, 7) is 6.13. The molecule has 1 aliphatic rings. The van der Waals surface area contributed by atoms with Gasteiger partial charge in [0, 0.05) is 11.9 Å². The van der Waals surface area contributed by atoms with Crippen molar-refractivity contribution in [2.75, 3.05) is 39.6 Å². The standard InChI is InChI=1S/C13H27ClN2/c1-12(4-8-14)5-9-16-10-6-13(7-11-16)15(2)3/h12-13H,4-11H2,1-3H3. The summed E-state index contributed by atoms with van der Waals surface area (Å²) in [5, 5.41) is 0. The second-order valence-corrected chi connectivity index (χ2v) is 5.79. The number of nitrogens with zero attached hydrogens (tertiary/aromatic N) is 2. The Morgan fingerprint density at radius 1 is 1.25 bits per heavy atom. The zero-order valence-electron chi connectivity index (χ0n) is 11.1. The molecule has 0 aliphatic carbocycles. The Morgan fingerprint density at radius 2 is 1.88 bits per heavy atom. The van der Waals surface area contributed by atoms with Crippen LogP contribution in [0.5, 0.6) is 0 Å². The average molecular weight is 247 g/mol. The van der Waals surface area contributed by atoms with Crippen molar-refractivity contribution >= 4 is 11.6 Å². The summed E-state index contributed by atoms with van der Waals surface area (Å²) in [6.07, 6.45) is 5.13. The molecule has 0 aromatic carbocycles. The number of hydrogen-bond acceptors (Lipinski definition) is 2. The summed E-state index contributed by atoms with van der Waals surface area (Å²) in [4.78, 5) is 4.98. The second-order valence-electron chi connectivity index (χ2n) is 5.41. The van der Waals surface area contributed by atoms with E-state index in [1.165, 1.54) is 38.9 Å². The predicted octanol–water partition coefficient (Wildman–Crippen LogP) is 2.67. The van der Waals surface area contributed by atoms with Crippen LogP contribution < -0.4 is 0 Å². The first-order chi connectivity index (χ1) is 7.63. The molecule has 96 valence electrons. The summed E-state index contributed by atoms with van der Waals surface area (Å²) < 4.78 is 0. The van der Waals surface area contributed by atoms with Crippen LogP contribution in [0.3, 0.4) is 0 Å². The molecule has 1 unspecified atom stereocenters. The molecule has 0 radical (unpaired) electrons. The number of piperidine rings is 1. The lowest BCUT2D eigenvalue weighted by Gasteiger charge is -2.35. The van der Waals surface area contributed by atoms with Crippen LogP contribution in [-0.4, -0.2) is 55.5 Å². The molecule has 16 heavy (non-hydrogen) atoms. The van der Waals surface area contributed by atoms with E-state index in [4.69, 9.17) is 11.6 Å². The molecule has 1 saturated heterocycles. The molecule has 1 fully saturated rings. The van der Waals surface area contributed by atoms with Crippen LogP contribution in [0.4, 0.5) is 0 Å². The molecular weight excluding hydrogens is 220 g/mol. The highest BCUT2D eigenvalue weighted by Gasteiger charge is 2.20. The van der Waals surface area contributed by atoms with Gasteiger partial charge in [-0.25, -0.2) is 0 Å². The van der Waals surface area contributed by atoms with E-state index >= 15 is 0 Å². The minimum Gasteiger partial charge on any atom is -0.306 e. The van der Waals surface area contributed by atoms with Crippen molar-refractivity contribution in [1.82, 2.24) is 9.80 Å². The fourth-order valence-electron chi connectivity index (χ4n) is 2.39. The fraction of sp³-hybridized carbons (Fsp3) is 1.00. The molecule has 1 heterocycles. The van der Waals surface area contributed by atoms with Crippen LogP contribution >= 0.6 is 11.6 Å². The third-order valence-electron chi connectivity index (χ3n) is 3.83. The fourth-order valence-corrected chi connectivity index (χ4v) is 2.77. The van der Waals surface area contributed by atoms with Crippen molar-refractivity contribution in [2.24, 2.45) is 5.92 Å². The maximum Gasteiger partial charge on any atom is 0.0225 e. The molecule has 0 N–H and O–H groups in total. The lowest BCUT2D eigenvalue weighted by molar-refractivity contribution is 0.139. The first-order valence-electron chi connectivity index (χ1n) is 6.58. The van der Waals surface area contributed by atoms with Gasteiger partial charge >= 0.3 is 0 Å². The number of alkyl halides is 1. The normalized spacial score (nSPS) is 21.6. The highest BCUT2D eigenvalue weighted by Crippen LogP contribution is 2.16. The Kier molecular flexibility index (Phi) is 6.71. The van der Waals surface area contributed by atoms with E-state index in [-0.39, 0.29) is 0 Å². The molecule has 1 atom stereocenters. The van der Waals surface area contributed by atoms with Crippen molar-refractivity contribution in [3.8, 4) is 0 Å². The van der Waals surface area contributed by atoms with Gasteiger partial charge in [0.15, 0.2) is 0 Å². The van der Waals surface area contributed by atoms with E-state index < -0.39 is 0 Å². The Morgan fingerprint density at radius 3 is 2.38 bits per heavy atom. The van der Waals surface area contributed by atoms with Crippen LogP contribution in [-0.2, 0) is 0 Å². The molecular formula is C13H27ClN2. The van der Waals surface area contributed by atoms with Gasteiger partial charge in [-0.1, -0.05) is 6.92 Å². The number of halogens is 1. The highest BCUT2D eigenvalue weighted by molar-refractivity contribution is 6.17. The van der Waals surface area contributed by atoms with E-state index in [9.17, 15) is 0 Å². The van der Waals surface area contributed by atoms with Crippen LogP contribution in [0.15, 0.2) is 0 Å². The minimum absolute atomic E-state index is 0.782. The Labute approximate surface area is 106 Å². The maximum absolute atomic E-state index is 5.75. The van der Waals surface area contributed by atoms with Gasteiger partial charge in [0.05, 0.1) is 0 Å².